The lowest BCUT2D eigenvalue weighted by atomic mass is 10.1. The maximum absolute atomic E-state index is 13.0. The van der Waals surface area contributed by atoms with E-state index >= 15 is 0 Å². The number of imide groups is 1. The number of thioether (sulfide) groups is 1. The molecule has 1 aliphatic heterocycles. The molecule has 0 saturated carbocycles. The van der Waals surface area contributed by atoms with E-state index in [2.05, 4.69) is 10.6 Å². The highest BCUT2D eigenvalue weighted by molar-refractivity contribution is 8.18. The van der Waals surface area contributed by atoms with Crippen LogP contribution in [-0.4, -0.2) is 27.7 Å². The van der Waals surface area contributed by atoms with E-state index in [0.717, 1.165) is 40.2 Å². The van der Waals surface area contributed by atoms with Gasteiger partial charge in [-0.1, -0.05) is 24.3 Å². The number of methoxy groups -OCH3 is 1. The molecule has 0 atom stereocenters. The number of ether oxygens (including phenoxy) is 1. The Hall–Kier alpha value is -3.76. The van der Waals surface area contributed by atoms with Crippen LogP contribution in [0.2, 0.25) is 0 Å². The van der Waals surface area contributed by atoms with Gasteiger partial charge in [0.05, 0.1) is 30.2 Å². The number of carbonyl (C=O) groups excluding carboxylic acids is 2. The summed E-state index contributed by atoms with van der Waals surface area (Å²) in [5.74, 6) is 0.411. The maximum atomic E-state index is 13.0. The molecule has 4 rings (SSSR count). The molecule has 3 aromatic rings. The van der Waals surface area contributed by atoms with Gasteiger partial charge in [0.15, 0.2) is 0 Å². The van der Waals surface area contributed by atoms with Crippen molar-refractivity contribution < 1.29 is 14.3 Å². The molecule has 1 aliphatic rings. The van der Waals surface area contributed by atoms with E-state index in [4.69, 9.17) is 4.74 Å². The molecule has 160 valence electrons. The predicted molar refractivity (Wildman–Crippen MR) is 124 cm³/mol. The van der Waals surface area contributed by atoms with Gasteiger partial charge in [-0.25, -0.2) is 0 Å². The predicted octanol–water partition coefficient (Wildman–Crippen LogP) is 5.21. The highest BCUT2D eigenvalue weighted by Gasteiger charge is 2.35. The number of hydrogen-bond acceptors (Lipinski definition) is 5. The van der Waals surface area contributed by atoms with Gasteiger partial charge in [0.25, 0.3) is 11.1 Å². The van der Waals surface area contributed by atoms with Crippen LogP contribution in [0.15, 0.2) is 59.5 Å². The molecule has 2 amide bonds. The second kappa shape index (κ2) is 8.77. The Labute approximate surface area is 190 Å². The van der Waals surface area contributed by atoms with Gasteiger partial charge in [-0.3, -0.25) is 14.5 Å². The highest BCUT2D eigenvalue weighted by Crippen LogP contribution is 2.35. The van der Waals surface area contributed by atoms with Crippen molar-refractivity contribution in [3.63, 3.8) is 0 Å². The first-order valence-corrected chi connectivity index (χ1v) is 10.8. The van der Waals surface area contributed by atoms with Crippen LogP contribution in [0.4, 0.5) is 4.79 Å². The van der Waals surface area contributed by atoms with Gasteiger partial charge in [-0.2, -0.15) is 5.26 Å². The zero-order valence-electron chi connectivity index (χ0n) is 18.0. The number of aromatic nitrogens is 1. The Bertz CT molecular complexity index is 1300. The molecular formula is C25H21N3O3S. The molecule has 1 fully saturated rings. The van der Waals surface area contributed by atoms with Crippen molar-refractivity contribution in [2.45, 2.75) is 20.4 Å². The van der Waals surface area contributed by atoms with Crippen LogP contribution in [0.3, 0.4) is 0 Å². The molecule has 0 spiro atoms. The molecule has 0 unspecified atom stereocenters. The first kappa shape index (κ1) is 21.5. The zero-order valence-corrected chi connectivity index (χ0v) is 18.8. The topological polar surface area (TPSA) is 75.3 Å². The molecule has 1 aromatic heterocycles. The van der Waals surface area contributed by atoms with Crippen LogP contribution in [0.1, 0.15) is 28.1 Å². The van der Waals surface area contributed by atoms with Crippen molar-refractivity contribution in [2.75, 3.05) is 7.11 Å². The number of carbonyl (C=O) groups is 2. The van der Waals surface area contributed by atoms with Crippen molar-refractivity contribution in [1.82, 2.24) is 9.47 Å². The summed E-state index contributed by atoms with van der Waals surface area (Å²) < 4.78 is 7.42. The van der Waals surface area contributed by atoms with Crippen molar-refractivity contribution in [3.8, 4) is 17.5 Å². The molecule has 0 radical (unpaired) electrons. The first-order chi connectivity index (χ1) is 15.4. The second-order valence-corrected chi connectivity index (χ2v) is 8.39. The van der Waals surface area contributed by atoms with E-state index in [1.54, 1.807) is 37.5 Å². The van der Waals surface area contributed by atoms with E-state index in [-0.39, 0.29) is 17.7 Å². The minimum absolute atomic E-state index is 0.0779. The third kappa shape index (κ3) is 3.93. The Morgan fingerprint density at radius 2 is 1.88 bits per heavy atom. The zero-order chi connectivity index (χ0) is 22.8. The molecule has 0 aliphatic carbocycles. The van der Waals surface area contributed by atoms with E-state index in [9.17, 15) is 14.9 Å². The van der Waals surface area contributed by atoms with Crippen LogP contribution in [0.25, 0.3) is 11.8 Å². The molecule has 32 heavy (non-hydrogen) atoms. The van der Waals surface area contributed by atoms with Gasteiger partial charge in [-0.05, 0) is 67.1 Å². The Morgan fingerprint density at radius 3 is 2.62 bits per heavy atom. The summed E-state index contributed by atoms with van der Waals surface area (Å²) in [5.41, 5.74) is 4.89. The van der Waals surface area contributed by atoms with Gasteiger partial charge in [0.2, 0.25) is 0 Å². The van der Waals surface area contributed by atoms with Gasteiger partial charge >= 0.3 is 0 Å². The van der Waals surface area contributed by atoms with Crippen LogP contribution < -0.4 is 4.74 Å². The van der Waals surface area contributed by atoms with Gasteiger partial charge in [0, 0.05) is 23.1 Å². The SMILES string of the molecule is COc1cccc(-n2c(C)cc(/C=C3\SC(=O)N(Cc4ccccc4C#N)C3=O)c2C)c1. The monoisotopic (exact) mass is 443 g/mol. The minimum atomic E-state index is -0.348. The van der Waals surface area contributed by atoms with Gasteiger partial charge < -0.3 is 9.30 Å². The Kier molecular flexibility index (Phi) is 5.89. The summed E-state index contributed by atoms with van der Waals surface area (Å²) in [6.45, 7) is 4.05. The van der Waals surface area contributed by atoms with E-state index in [0.29, 0.717) is 16.0 Å². The Balaban J connectivity index is 1.64. The summed E-state index contributed by atoms with van der Waals surface area (Å²) in [5, 5.41) is 8.95. The molecule has 2 aromatic carbocycles. The van der Waals surface area contributed by atoms with Crippen molar-refractivity contribution >= 4 is 29.0 Å². The standard InChI is InChI=1S/C25H21N3O3S/c1-16-11-20(17(2)28(16)21-9-6-10-22(13-21)31-3)12-23-24(29)27(25(30)32-23)15-19-8-5-4-7-18(19)14-26/h4-13H,15H2,1-3H3/b23-12-. The molecule has 6 nitrogen and oxygen atoms in total. The summed E-state index contributed by atoms with van der Waals surface area (Å²) in [4.78, 5) is 27.1. The fraction of sp³-hybridized carbons (Fsp3) is 0.160. The second-order valence-electron chi connectivity index (χ2n) is 7.40. The summed E-state index contributed by atoms with van der Waals surface area (Å²) in [6.07, 6.45) is 1.76. The number of aryl methyl sites for hydroxylation is 1. The number of nitriles is 1. The third-order valence-corrected chi connectivity index (χ3v) is 6.32. The normalized spacial score (nSPS) is 14.8. The number of nitrogens with zero attached hydrogens (tertiary/aromatic N) is 3. The van der Waals surface area contributed by atoms with Gasteiger partial charge in [0.1, 0.15) is 5.75 Å². The quantitative estimate of drug-likeness (QED) is 0.506. The summed E-state index contributed by atoms with van der Waals surface area (Å²) in [6, 6.07) is 18.8. The molecular weight excluding hydrogens is 422 g/mol. The Morgan fingerprint density at radius 1 is 1.09 bits per heavy atom. The number of rotatable bonds is 5. The van der Waals surface area contributed by atoms with E-state index in [1.165, 1.54) is 4.90 Å². The smallest absolute Gasteiger partial charge is 0.293 e. The lowest BCUT2D eigenvalue weighted by molar-refractivity contribution is -0.123. The van der Waals surface area contributed by atoms with E-state index < -0.39 is 0 Å². The van der Waals surface area contributed by atoms with Gasteiger partial charge in [-0.15, -0.1) is 0 Å². The molecule has 1 saturated heterocycles. The lowest BCUT2D eigenvalue weighted by Gasteiger charge is -2.13. The average Bonchev–Trinajstić information content (AvgIpc) is 3.23. The van der Waals surface area contributed by atoms with Crippen molar-refractivity contribution in [1.29, 1.82) is 5.26 Å². The summed E-state index contributed by atoms with van der Waals surface area (Å²) in [7, 11) is 1.63. The summed E-state index contributed by atoms with van der Waals surface area (Å²) >= 11 is 0.921. The van der Waals surface area contributed by atoms with Crippen LogP contribution in [0, 0.1) is 25.2 Å². The number of amides is 2. The molecule has 7 heteroatoms. The number of hydrogen-bond donors (Lipinski definition) is 0. The first-order valence-electron chi connectivity index (χ1n) is 9.99. The number of benzene rings is 2. The minimum Gasteiger partial charge on any atom is -0.497 e. The lowest BCUT2D eigenvalue weighted by Crippen LogP contribution is -2.27. The van der Waals surface area contributed by atoms with Crippen LogP contribution in [0.5, 0.6) is 5.75 Å². The average molecular weight is 444 g/mol. The van der Waals surface area contributed by atoms with Crippen molar-refractivity contribution in [3.05, 3.63) is 87.6 Å². The van der Waals surface area contributed by atoms with E-state index in [1.807, 2.05) is 44.2 Å². The largest absolute Gasteiger partial charge is 0.497 e. The molecule has 0 N–H and O–H groups in total. The van der Waals surface area contributed by atoms with Crippen LogP contribution in [-0.2, 0) is 11.3 Å². The highest BCUT2D eigenvalue weighted by atomic mass is 32.2. The fourth-order valence-corrected chi connectivity index (χ4v) is 4.62. The molecule has 0 bridgehead atoms. The maximum Gasteiger partial charge on any atom is 0.293 e. The third-order valence-electron chi connectivity index (χ3n) is 5.41. The van der Waals surface area contributed by atoms with Crippen LogP contribution >= 0.6 is 11.8 Å². The van der Waals surface area contributed by atoms with Crippen molar-refractivity contribution in [2.24, 2.45) is 0 Å². The fourth-order valence-electron chi connectivity index (χ4n) is 3.80. The molecule has 2 heterocycles.